The summed E-state index contributed by atoms with van der Waals surface area (Å²) in [6.45, 7) is 10.2. The molecule has 1 rings (SSSR count). The molecule has 0 aromatic carbocycles. The molecule has 0 unspecified atom stereocenters. The van der Waals surface area contributed by atoms with Crippen LogP contribution < -0.4 is 16.0 Å². The maximum absolute atomic E-state index is 11.9. The Bertz CT molecular complexity index is 476. The average molecular weight is 485 g/mol. The Balaban J connectivity index is 0.00000625. The van der Waals surface area contributed by atoms with E-state index in [9.17, 15) is 9.59 Å². The molecule has 1 heterocycles. The minimum Gasteiger partial charge on any atom is -0.444 e. The van der Waals surface area contributed by atoms with Crippen molar-refractivity contribution in [1.82, 2.24) is 20.9 Å². The number of rotatable bonds is 7. The Labute approximate surface area is 172 Å². The number of carbonyl (C=O) groups excluding carboxylic acids is 2. The van der Waals surface area contributed by atoms with Gasteiger partial charge >= 0.3 is 6.09 Å². The third kappa shape index (κ3) is 10.00. The van der Waals surface area contributed by atoms with Crippen molar-refractivity contribution < 1.29 is 19.1 Å². The zero-order chi connectivity index (χ0) is 18.9. The number of nitrogens with one attached hydrogen (secondary N) is 3. The van der Waals surface area contributed by atoms with Crippen LogP contribution in [0.5, 0.6) is 0 Å². The van der Waals surface area contributed by atoms with Gasteiger partial charge in [0.25, 0.3) is 0 Å². The van der Waals surface area contributed by atoms with Crippen molar-refractivity contribution >= 4 is 41.9 Å². The highest BCUT2D eigenvalue weighted by Gasteiger charge is 2.34. The van der Waals surface area contributed by atoms with E-state index in [-0.39, 0.29) is 48.6 Å². The van der Waals surface area contributed by atoms with Gasteiger partial charge in [0.1, 0.15) is 12.1 Å². The molecule has 0 aromatic rings. The van der Waals surface area contributed by atoms with Gasteiger partial charge in [0.05, 0.1) is 12.6 Å². The van der Waals surface area contributed by atoms with E-state index in [4.69, 9.17) is 9.47 Å². The van der Waals surface area contributed by atoms with Gasteiger partial charge in [-0.2, -0.15) is 0 Å². The molecule has 2 amide bonds. The van der Waals surface area contributed by atoms with Crippen LogP contribution in [0.1, 0.15) is 27.7 Å². The second-order valence-electron chi connectivity index (χ2n) is 6.76. The van der Waals surface area contributed by atoms with E-state index in [1.54, 1.807) is 12.0 Å². The van der Waals surface area contributed by atoms with E-state index in [1.807, 2.05) is 27.7 Å². The van der Waals surface area contributed by atoms with Crippen molar-refractivity contribution in [2.24, 2.45) is 4.99 Å². The first-order chi connectivity index (χ1) is 11.7. The van der Waals surface area contributed by atoms with Crippen molar-refractivity contribution in [3.05, 3.63) is 0 Å². The van der Waals surface area contributed by atoms with Crippen molar-refractivity contribution in [2.75, 3.05) is 46.4 Å². The Hall–Kier alpha value is -1.30. The topological polar surface area (TPSA) is 104 Å². The quantitative estimate of drug-likeness (QED) is 0.211. The van der Waals surface area contributed by atoms with Crippen LogP contribution in [0.4, 0.5) is 4.79 Å². The minimum atomic E-state index is -0.498. The van der Waals surface area contributed by atoms with Crippen LogP contribution in [0, 0.1) is 0 Å². The van der Waals surface area contributed by atoms with E-state index >= 15 is 0 Å². The van der Waals surface area contributed by atoms with E-state index in [1.165, 1.54) is 0 Å². The molecular weight excluding hydrogens is 453 g/mol. The molecule has 0 aromatic heterocycles. The SMILES string of the molecule is CCNC(=NCC(=O)NCCOC)NC1CN(C(=O)OC(C)(C)C)C1.I. The van der Waals surface area contributed by atoms with Crippen molar-refractivity contribution in [2.45, 2.75) is 39.3 Å². The van der Waals surface area contributed by atoms with Gasteiger partial charge in [-0.1, -0.05) is 0 Å². The molecular formula is C16H32IN5O4. The van der Waals surface area contributed by atoms with Gasteiger partial charge < -0.3 is 30.3 Å². The molecule has 0 aliphatic carbocycles. The molecule has 10 heteroatoms. The van der Waals surface area contributed by atoms with E-state index in [2.05, 4.69) is 20.9 Å². The van der Waals surface area contributed by atoms with Crippen LogP contribution in [-0.2, 0) is 14.3 Å². The summed E-state index contributed by atoms with van der Waals surface area (Å²) in [4.78, 5) is 29.5. The summed E-state index contributed by atoms with van der Waals surface area (Å²) in [7, 11) is 1.58. The predicted molar refractivity (Wildman–Crippen MR) is 111 cm³/mol. The highest BCUT2D eigenvalue weighted by molar-refractivity contribution is 14.0. The summed E-state index contributed by atoms with van der Waals surface area (Å²) in [6.07, 6.45) is -0.315. The molecule has 1 aliphatic heterocycles. The maximum atomic E-state index is 11.9. The first-order valence-electron chi connectivity index (χ1n) is 8.53. The standard InChI is InChI=1S/C16H31N5O4.HI/c1-6-17-14(19-9-13(22)18-7-8-24-5)20-12-10-21(11-12)15(23)25-16(2,3)4;/h12H,6-11H2,1-5H3,(H,18,22)(H2,17,19,20);1H. The molecule has 3 N–H and O–H groups in total. The van der Waals surface area contributed by atoms with Crippen LogP contribution in [0.3, 0.4) is 0 Å². The molecule has 0 spiro atoms. The first kappa shape index (κ1) is 24.7. The molecule has 0 saturated carbocycles. The van der Waals surface area contributed by atoms with E-state index in [0.717, 1.165) is 0 Å². The predicted octanol–water partition coefficient (Wildman–Crippen LogP) is 0.541. The molecule has 0 atom stereocenters. The Morgan fingerprint density at radius 3 is 2.42 bits per heavy atom. The lowest BCUT2D eigenvalue weighted by Crippen LogP contribution is -2.63. The lowest BCUT2D eigenvalue weighted by molar-refractivity contribution is -0.119. The number of halogens is 1. The van der Waals surface area contributed by atoms with E-state index in [0.29, 0.717) is 38.7 Å². The molecule has 0 radical (unpaired) electrons. The molecule has 152 valence electrons. The maximum Gasteiger partial charge on any atom is 0.410 e. The second-order valence-corrected chi connectivity index (χ2v) is 6.76. The highest BCUT2D eigenvalue weighted by Crippen LogP contribution is 2.15. The van der Waals surface area contributed by atoms with Gasteiger partial charge in [-0.05, 0) is 27.7 Å². The van der Waals surface area contributed by atoms with Gasteiger partial charge in [0.2, 0.25) is 5.91 Å². The number of nitrogens with zero attached hydrogens (tertiary/aromatic N) is 2. The Morgan fingerprint density at radius 1 is 1.23 bits per heavy atom. The third-order valence-electron chi connectivity index (χ3n) is 3.23. The number of ether oxygens (including phenoxy) is 2. The summed E-state index contributed by atoms with van der Waals surface area (Å²) in [5, 5.41) is 9.01. The lowest BCUT2D eigenvalue weighted by atomic mass is 10.1. The number of amides is 2. The molecule has 1 aliphatic rings. The number of likely N-dealkylation sites (tertiary alicyclic amines) is 1. The molecule has 26 heavy (non-hydrogen) atoms. The molecule has 1 fully saturated rings. The van der Waals surface area contributed by atoms with Gasteiger partial charge in [-0.3, -0.25) is 4.79 Å². The normalized spacial score (nSPS) is 14.8. The van der Waals surface area contributed by atoms with Crippen LogP contribution in [0.25, 0.3) is 0 Å². The zero-order valence-electron chi connectivity index (χ0n) is 16.3. The summed E-state index contributed by atoms with van der Waals surface area (Å²) in [5.41, 5.74) is -0.498. The molecule has 1 saturated heterocycles. The number of hydrogen-bond donors (Lipinski definition) is 3. The van der Waals surface area contributed by atoms with Gasteiger partial charge in [-0.15, -0.1) is 24.0 Å². The number of aliphatic imine (C=N–C) groups is 1. The van der Waals surface area contributed by atoms with Gasteiger partial charge in [0, 0.05) is 33.3 Å². The third-order valence-corrected chi connectivity index (χ3v) is 3.23. The minimum absolute atomic E-state index is 0. The number of carbonyl (C=O) groups is 2. The highest BCUT2D eigenvalue weighted by atomic mass is 127. The van der Waals surface area contributed by atoms with Crippen molar-refractivity contribution in [3.8, 4) is 0 Å². The largest absolute Gasteiger partial charge is 0.444 e. The van der Waals surface area contributed by atoms with Crippen molar-refractivity contribution in [3.63, 3.8) is 0 Å². The molecule has 9 nitrogen and oxygen atoms in total. The summed E-state index contributed by atoms with van der Waals surface area (Å²) < 4.78 is 10.2. The fourth-order valence-corrected chi connectivity index (χ4v) is 2.06. The van der Waals surface area contributed by atoms with Crippen molar-refractivity contribution in [1.29, 1.82) is 0 Å². The Kier molecular flexibility index (Phi) is 11.5. The molecule has 0 bridgehead atoms. The second kappa shape index (κ2) is 12.2. The van der Waals surface area contributed by atoms with Crippen LogP contribution >= 0.6 is 24.0 Å². The van der Waals surface area contributed by atoms with Crippen LogP contribution in [0.15, 0.2) is 4.99 Å². The number of methoxy groups -OCH3 is 1. The zero-order valence-corrected chi connectivity index (χ0v) is 18.6. The fourth-order valence-electron chi connectivity index (χ4n) is 2.06. The summed E-state index contributed by atoms with van der Waals surface area (Å²) >= 11 is 0. The number of hydrogen-bond acceptors (Lipinski definition) is 5. The average Bonchev–Trinajstić information content (AvgIpc) is 2.46. The van der Waals surface area contributed by atoms with Gasteiger partial charge in [0.15, 0.2) is 5.96 Å². The lowest BCUT2D eigenvalue weighted by Gasteiger charge is -2.40. The Morgan fingerprint density at radius 2 is 1.88 bits per heavy atom. The van der Waals surface area contributed by atoms with Crippen LogP contribution in [-0.4, -0.2) is 80.9 Å². The fraction of sp³-hybridized carbons (Fsp3) is 0.812. The first-order valence-corrected chi connectivity index (χ1v) is 8.53. The summed E-state index contributed by atoms with van der Waals surface area (Å²) in [6, 6.07) is 0.0851. The van der Waals surface area contributed by atoms with Crippen LogP contribution in [0.2, 0.25) is 0 Å². The monoisotopic (exact) mass is 485 g/mol. The van der Waals surface area contributed by atoms with E-state index < -0.39 is 5.60 Å². The smallest absolute Gasteiger partial charge is 0.410 e. The van der Waals surface area contributed by atoms with Gasteiger partial charge in [-0.25, -0.2) is 9.79 Å². The number of guanidine groups is 1. The summed E-state index contributed by atoms with van der Waals surface area (Å²) in [5.74, 6) is 0.386.